The summed E-state index contributed by atoms with van der Waals surface area (Å²) in [6, 6.07) is 0. The predicted octanol–water partition coefficient (Wildman–Crippen LogP) is -1.26. The van der Waals surface area contributed by atoms with Crippen LogP contribution in [-0.4, -0.2) is 74.4 Å². The fraction of sp³-hybridized carbons (Fsp3) is 0.692. The molecule has 0 spiro atoms. The maximum atomic E-state index is 10.4. The Morgan fingerprint density at radius 1 is 1.55 bits per heavy atom. The number of hydrogen-bond acceptors (Lipinski definition) is 8. The Bertz CT molecular complexity index is 562. The third-order valence-electron chi connectivity index (χ3n) is 4.69. The highest BCUT2D eigenvalue weighted by Crippen LogP contribution is 2.45. The number of amidine groups is 1. The van der Waals surface area contributed by atoms with Crippen molar-refractivity contribution in [2.75, 3.05) is 12.5 Å². The van der Waals surface area contributed by atoms with Crippen LogP contribution in [-0.2, 0) is 4.74 Å². The Balaban J connectivity index is 1.92. The van der Waals surface area contributed by atoms with Crippen LogP contribution < -0.4 is 5.73 Å². The van der Waals surface area contributed by atoms with Crippen molar-refractivity contribution in [2.45, 2.75) is 42.8 Å². The number of aliphatic imine (C=N–C) groups is 1. The second-order valence-corrected chi connectivity index (χ2v) is 6.31. The van der Waals surface area contributed by atoms with Crippen molar-refractivity contribution >= 4 is 23.8 Å². The smallest absolute Gasteiger partial charge is 0.150 e. The minimum Gasteiger partial charge on any atom is -0.393 e. The molecule has 5 N–H and O–H groups in total. The lowest BCUT2D eigenvalue weighted by molar-refractivity contribution is -0.126. The number of hydrazone groups is 1. The maximum Gasteiger partial charge on any atom is 0.150 e. The molecule has 3 aliphatic heterocycles. The van der Waals surface area contributed by atoms with Crippen molar-refractivity contribution in [3.63, 3.8) is 0 Å². The molecule has 1 unspecified atom stereocenters. The van der Waals surface area contributed by atoms with Gasteiger partial charge in [0.25, 0.3) is 0 Å². The molecule has 0 aliphatic carbocycles. The van der Waals surface area contributed by atoms with Gasteiger partial charge in [0.1, 0.15) is 30.3 Å². The minimum atomic E-state index is -1.39. The first-order chi connectivity index (χ1) is 10.4. The van der Waals surface area contributed by atoms with Crippen molar-refractivity contribution in [1.29, 1.82) is 0 Å². The quantitative estimate of drug-likeness (QED) is 0.479. The molecule has 0 aromatic rings. The van der Waals surface area contributed by atoms with Crippen LogP contribution in [0.5, 0.6) is 0 Å². The molecule has 5 atom stereocenters. The lowest BCUT2D eigenvalue weighted by Gasteiger charge is -2.41. The van der Waals surface area contributed by atoms with Crippen molar-refractivity contribution in [1.82, 2.24) is 5.01 Å². The summed E-state index contributed by atoms with van der Waals surface area (Å²) in [6.45, 7) is 1.35. The molecule has 0 saturated carbocycles. The Morgan fingerprint density at radius 2 is 2.27 bits per heavy atom. The zero-order valence-corrected chi connectivity index (χ0v) is 12.8. The van der Waals surface area contributed by atoms with Gasteiger partial charge in [-0.05, 0) is 13.3 Å². The third-order valence-corrected chi connectivity index (χ3v) is 5.14. The molecular weight excluding hydrogens is 312 g/mol. The molecular formula is C13H19ClN4O4. The lowest BCUT2D eigenvalue weighted by Crippen LogP contribution is -2.55. The lowest BCUT2D eigenvalue weighted by atomic mass is 9.87. The Labute approximate surface area is 132 Å². The van der Waals surface area contributed by atoms with Crippen LogP contribution in [0.15, 0.2) is 21.9 Å². The average molecular weight is 331 g/mol. The van der Waals surface area contributed by atoms with Crippen LogP contribution in [0.1, 0.15) is 13.3 Å². The number of nitrogens with zero attached hydrogens (tertiary/aromatic N) is 3. The van der Waals surface area contributed by atoms with Crippen LogP contribution in [0.2, 0.25) is 0 Å². The SMILES string of the molecule is CC1([C@@H]2O[C@@](CO)(CCl)[C@@H](O)[C@H]2O)CC=C2C(N)=NC=NN21. The number of fused-ring (bicyclic) bond motifs is 1. The second-order valence-electron chi connectivity index (χ2n) is 6.04. The summed E-state index contributed by atoms with van der Waals surface area (Å²) in [6.07, 6.45) is 0.380. The van der Waals surface area contributed by atoms with Crippen molar-refractivity contribution in [2.24, 2.45) is 15.8 Å². The van der Waals surface area contributed by atoms with Crippen LogP contribution in [0.3, 0.4) is 0 Å². The molecule has 9 heteroatoms. The summed E-state index contributed by atoms with van der Waals surface area (Å²) in [5.74, 6) is 0.194. The predicted molar refractivity (Wildman–Crippen MR) is 80.5 cm³/mol. The zero-order chi connectivity index (χ0) is 16.1. The van der Waals surface area contributed by atoms with E-state index in [1.165, 1.54) is 6.34 Å². The van der Waals surface area contributed by atoms with E-state index in [2.05, 4.69) is 10.1 Å². The summed E-state index contributed by atoms with van der Waals surface area (Å²) in [4.78, 5) is 3.94. The van der Waals surface area contributed by atoms with E-state index >= 15 is 0 Å². The van der Waals surface area contributed by atoms with Gasteiger partial charge in [-0.3, -0.25) is 5.01 Å². The number of halogens is 1. The topological polar surface area (TPSA) is 124 Å². The molecule has 8 nitrogen and oxygen atoms in total. The summed E-state index contributed by atoms with van der Waals surface area (Å²) in [5.41, 5.74) is 4.32. The van der Waals surface area contributed by atoms with E-state index in [9.17, 15) is 15.3 Å². The van der Waals surface area contributed by atoms with Gasteiger partial charge in [0.05, 0.1) is 23.7 Å². The van der Waals surface area contributed by atoms with Crippen molar-refractivity contribution < 1.29 is 20.1 Å². The highest BCUT2D eigenvalue weighted by molar-refractivity contribution is 6.18. The summed E-state index contributed by atoms with van der Waals surface area (Å²) in [5, 5.41) is 36.1. The van der Waals surface area contributed by atoms with Gasteiger partial charge in [0.2, 0.25) is 0 Å². The van der Waals surface area contributed by atoms with Gasteiger partial charge in [0, 0.05) is 0 Å². The summed E-state index contributed by atoms with van der Waals surface area (Å²) >= 11 is 5.85. The Morgan fingerprint density at radius 3 is 2.86 bits per heavy atom. The van der Waals surface area contributed by atoms with Crippen LogP contribution in [0, 0.1) is 0 Å². The normalized spacial score (nSPS) is 44.0. The van der Waals surface area contributed by atoms with Gasteiger partial charge < -0.3 is 25.8 Å². The second kappa shape index (κ2) is 5.17. The van der Waals surface area contributed by atoms with Gasteiger partial charge in [-0.25, -0.2) is 4.99 Å². The molecule has 1 fully saturated rings. The number of rotatable bonds is 3. The highest BCUT2D eigenvalue weighted by Gasteiger charge is 2.61. The number of aliphatic hydroxyl groups excluding tert-OH is 3. The largest absolute Gasteiger partial charge is 0.393 e. The molecule has 0 aromatic carbocycles. The van der Waals surface area contributed by atoms with Gasteiger partial charge in [-0.2, -0.15) is 5.10 Å². The number of hydrogen-bond donors (Lipinski definition) is 4. The third kappa shape index (κ3) is 1.92. The van der Waals surface area contributed by atoms with E-state index in [4.69, 9.17) is 22.1 Å². The number of ether oxygens (including phenoxy) is 1. The van der Waals surface area contributed by atoms with Gasteiger partial charge >= 0.3 is 0 Å². The molecule has 3 rings (SSSR count). The van der Waals surface area contributed by atoms with Crippen molar-refractivity contribution in [3.05, 3.63) is 11.8 Å². The molecule has 122 valence electrons. The van der Waals surface area contributed by atoms with E-state index in [0.717, 1.165) is 0 Å². The van der Waals surface area contributed by atoms with Crippen LogP contribution >= 0.6 is 11.6 Å². The Hall–Kier alpha value is -1.19. The average Bonchev–Trinajstić information content (AvgIpc) is 2.99. The zero-order valence-electron chi connectivity index (χ0n) is 12.1. The van der Waals surface area contributed by atoms with Crippen LogP contribution in [0.4, 0.5) is 0 Å². The highest BCUT2D eigenvalue weighted by atomic mass is 35.5. The van der Waals surface area contributed by atoms with Gasteiger partial charge in [-0.1, -0.05) is 6.08 Å². The van der Waals surface area contributed by atoms with Crippen LogP contribution in [0.25, 0.3) is 0 Å². The van der Waals surface area contributed by atoms with Crippen molar-refractivity contribution in [3.8, 4) is 0 Å². The standard InChI is InChI=1S/C13H19ClN4O4/c1-12(3-2-7-11(15)16-6-17-18(7)12)10-8(20)9(21)13(4-14,5-19)22-10/h2,6,8-10,19-21H,3-5H2,1H3,(H2,15,16,17)/t8-,9+,10-,12?,13-/m1/s1. The maximum absolute atomic E-state index is 10.4. The first-order valence-corrected chi connectivity index (χ1v) is 7.50. The van der Waals surface area contributed by atoms with E-state index in [0.29, 0.717) is 18.0 Å². The number of aliphatic hydroxyl groups is 3. The van der Waals surface area contributed by atoms with Gasteiger partial charge in [0.15, 0.2) is 5.84 Å². The monoisotopic (exact) mass is 330 g/mol. The van der Waals surface area contributed by atoms with E-state index in [1.807, 2.05) is 13.0 Å². The molecule has 0 radical (unpaired) electrons. The summed E-state index contributed by atoms with van der Waals surface area (Å²) < 4.78 is 5.83. The molecule has 0 bridgehead atoms. The summed E-state index contributed by atoms with van der Waals surface area (Å²) in [7, 11) is 0. The fourth-order valence-corrected chi connectivity index (χ4v) is 3.55. The molecule has 3 aliphatic rings. The fourth-order valence-electron chi connectivity index (χ4n) is 3.25. The van der Waals surface area contributed by atoms with E-state index < -0.39 is 36.1 Å². The molecule has 3 heterocycles. The molecule has 1 saturated heterocycles. The number of nitrogens with two attached hydrogens (primary N) is 1. The molecule has 0 aromatic heterocycles. The first kappa shape index (κ1) is 15.7. The van der Waals surface area contributed by atoms with E-state index in [1.54, 1.807) is 5.01 Å². The molecule has 22 heavy (non-hydrogen) atoms. The first-order valence-electron chi connectivity index (χ1n) is 6.97. The Kier molecular flexibility index (Phi) is 3.69. The van der Waals surface area contributed by atoms with E-state index in [-0.39, 0.29) is 5.88 Å². The minimum absolute atomic E-state index is 0.137. The number of alkyl halides is 1. The molecule has 0 amide bonds. The van der Waals surface area contributed by atoms with Gasteiger partial charge in [-0.15, -0.1) is 11.6 Å².